The zero-order chi connectivity index (χ0) is 15.5. The molecular formula is C15H18N2O3S. The Morgan fingerprint density at radius 1 is 1.10 bits per heavy atom. The zero-order valence-corrected chi connectivity index (χ0v) is 13.1. The van der Waals surface area contributed by atoms with Crippen LogP contribution in [0, 0.1) is 13.8 Å². The minimum Gasteiger partial charge on any atom is -0.496 e. The summed E-state index contributed by atoms with van der Waals surface area (Å²) in [4.78, 5) is 4.17. The molecule has 0 unspecified atom stereocenters. The SMILES string of the molecule is COc1ccc(S(=O)(=O)NCc2ccncc2)c(C)c1C. The monoisotopic (exact) mass is 306 g/mol. The van der Waals surface area contributed by atoms with Crippen LogP contribution < -0.4 is 9.46 Å². The van der Waals surface area contributed by atoms with Gasteiger partial charge in [0.2, 0.25) is 10.0 Å². The molecule has 1 N–H and O–H groups in total. The molecule has 5 nitrogen and oxygen atoms in total. The van der Waals surface area contributed by atoms with E-state index in [0.717, 1.165) is 11.1 Å². The van der Waals surface area contributed by atoms with E-state index in [4.69, 9.17) is 4.74 Å². The number of hydrogen-bond acceptors (Lipinski definition) is 4. The lowest BCUT2D eigenvalue weighted by atomic mass is 10.1. The first-order valence-corrected chi connectivity index (χ1v) is 7.97. The van der Waals surface area contributed by atoms with E-state index >= 15 is 0 Å². The number of ether oxygens (including phenoxy) is 1. The molecular weight excluding hydrogens is 288 g/mol. The van der Waals surface area contributed by atoms with E-state index in [1.54, 1.807) is 50.7 Å². The number of pyridine rings is 1. The molecule has 1 heterocycles. The summed E-state index contributed by atoms with van der Waals surface area (Å²) >= 11 is 0. The highest BCUT2D eigenvalue weighted by molar-refractivity contribution is 7.89. The Kier molecular flexibility index (Phi) is 4.59. The Bertz CT molecular complexity index is 728. The predicted octanol–water partition coefficient (Wildman–Crippen LogP) is 2.19. The minimum absolute atomic E-state index is 0.232. The van der Waals surface area contributed by atoms with Gasteiger partial charge in [0.1, 0.15) is 5.75 Å². The van der Waals surface area contributed by atoms with Crippen LogP contribution in [-0.2, 0) is 16.6 Å². The quantitative estimate of drug-likeness (QED) is 0.919. The third-order valence-corrected chi connectivity index (χ3v) is 4.96. The maximum atomic E-state index is 12.4. The van der Waals surface area contributed by atoms with Crippen molar-refractivity contribution >= 4 is 10.0 Å². The van der Waals surface area contributed by atoms with E-state index in [9.17, 15) is 8.42 Å². The number of sulfonamides is 1. The second kappa shape index (κ2) is 6.24. The van der Waals surface area contributed by atoms with E-state index in [1.165, 1.54) is 0 Å². The average molecular weight is 306 g/mol. The molecule has 6 heteroatoms. The third kappa shape index (κ3) is 3.40. The Hall–Kier alpha value is -1.92. The molecule has 2 aromatic rings. The molecule has 0 amide bonds. The molecule has 0 radical (unpaired) electrons. The second-order valence-electron chi connectivity index (χ2n) is 4.70. The molecule has 21 heavy (non-hydrogen) atoms. The molecule has 0 spiro atoms. The van der Waals surface area contributed by atoms with Crippen molar-refractivity contribution < 1.29 is 13.2 Å². The summed E-state index contributed by atoms with van der Waals surface area (Å²) in [6.45, 7) is 3.85. The standard InChI is InChI=1S/C15H18N2O3S/c1-11-12(2)15(5-4-14(11)20-3)21(18,19)17-10-13-6-8-16-9-7-13/h4-9,17H,10H2,1-3H3. The number of aromatic nitrogens is 1. The van der Waals surface area contributed by atoms with E-state index in [2.05, 4.69) is 9.71 Å². The summed E-state index contributed by atoms with van der Waals surface area (Å²) in [5, 5.41) is 0. The van der Waals surface area contributed by atoms with Gasteiger partial charge in [0.05, 0.1) is 12.0 Å². The zero-order valence-electron chi connectivity index (χ0n) is 12.3. The van der Waals surface area contributed by atoms with Gasteiger partial charge in [-0.2, -0.15) is 0 Å². The van der Waals surface area contributed by atoms with Crippen LogP contribution in [0.2, 0.25) is 0 Å². The van der Waals surface area contributed by atoms with Crippen LogP contribution in [0.1, 0.15) is 16.7 Å². The summed E-state index contributed by atoms with van der Waals surface area (Å²) in [7, 11) is -2.00. The molecule has 0 bridgehead atoms. The Morgan fingerprint density at radius 3 is 2.38 bits per heavy atom. The summed E-state index contributed by atoms with van der Waals surface area (Å²) in [5.74, 6) is 0.681. The van der Waals surface area contributed by atoms with Crippen molar-refractivity contribution in [1.29, 1.82) is 0 Å². The van der Waals surface area contributed by atoms with Crippen LogP contribution in [0.3, 0.4) is 0 Å². The van der Waals surface area contributed by atoms with Crippen LogP contribution in [-0.4, -0.2) is 20.5 Å². The Labute approximate surface area is 125 Å². The lowest BCUT2D eigenvalue weighted by molar-refractivity contribution is 0.410. The van der Waals surface area contributed by atoms with Gasteiger partial charge in [-0.15, -0.1) is 0 Å². The molecule has 0 saturated carbocycles. The van der Waals surface area contributed by atoms with E-state index < -0.39 is 10.0 Å². The summed E-state index contributed by atoms with van der Waals surface area (Å²) in [5.41, 5.74) is 2.37. The molecule has 0 aliphatic carbocycles. The van der Waals surface area contributed by atoms with Gasteiger partial charge in [0, 0.05) is 18.9 Å². The van der Waals surface area contributed by atoms with E-state index in [1.807, 2.05) is 6.92 Å². The van der Waals surface area contributed by atoms with Crippen molar-refractivity contribution in [2.45, 2.75) is 25.3 Å². The third-order valence-electron chi connectivity index (χ3n) is 3.41. The number of nitrogens with zero attached hydrogens (tertiary/aromatic N) is 1. The molecule has 0 atom stereocenters. The number of rotatable bonds is 5. The fourth-order valence-electron chi connectivity index (χ4n) is 2.04. The molecule has 0 fully saturated rings. The number of benzene rings is 1. The molecule has 0 aliphatic heterocycles. The highest BCUT2D eigenvalue weighted by atomic mass is 32.2. The van der Waals surface area contributed by atoms with Crippen molar-refractivity contribution in [3.63, 3.8) is 0 Å². The van der Waals surface area contributed by atoms with Crippen LogP contribution in [0.25, 0.3) is 0 Å². The van der Waals surface area contributed by atoms with Gasteiger partial charge in [-0.05, 0) is 54.8 Å². The van der Waals surface area contributed by atoms with Gasteiger partial charge < -0.3 is 4.74 Å². The van der Waals surface area contributed by atoms with Gasteiger partial charge in [0.15, 0.2) is 0 Å². The van der Waals surface area contributed by atoms with Gasteiger partial charge in [0.25, 0.3) is 0 Å². The maximum absolute atomic E-state index is 12.4. The number of nitrogens with one attached hydrogen (secondary N) is 1. The molecule has 2 rings (SSSR count). The lowest BCUT2D eigenvalue weighted by Crippen LogP contribution is -2.24. The van der Waals surface area contributed by atoms with Crippen molar-refractivity contribution in [3.8, 4) is 5.75 Å². The largest absolute Gasteiger partial charge is 0.496 e. The number of methoxy groups -OCH3 is 1. The van der Waals surface area contributed by atoms with E-state index in [-0.39, 0.29) is 11.4 Å². The summed E-state index contributed by atoms with van der Waals surface area (Å²) in [6, 6.07) is 6.78. The van der Waals surface area contributed by atoms with Crippen LogP contribution in [0.5, 0.6) is 5.75 Å². The highest BCUT2D eigenvalue weighted by Crippen LogP contribution is 2.26. The summed E-state index contributed by atoms with van der Waals surface area (Å²) < 4.78 is 32.6. The lowest BCUT2D eigenvalue weighted by Gasteiger charge is -2.13. The predicted molar refractivity (Wildman–Crippen MR) is 80.7 cm³/mol. The van der Waals surface area contributed by atoms with Gasteiger partial charge in [-0.3, -0.25) is 4.98 Å². The molecule has 112 valence electrons. The number of hydrogen-bond donors (Lipinski definition) is 1. The molecule has 0 aliphatic rings. The van der Waals surface area contributed by atoms with Crippen molar-refractivity contribution in [1.82, 2.24) is 9.71 Å². The first-order valence-electron chi connectivity index (χ1n) is 6.48. The Morgan fingerprint density at radius 2 is 1.76 bits per heavy atom. The normalized spacial score (nSPS) is 11.4. The fraction of sp³-hybridized carbons (Fsp3) is 0.267. The second-order valence-corrected chi connectivity index (χ2v) is 6.43. The first-order chi connectivity index (χ1) is 9.95. The molecule has 1 aromatic heterocycles. The van der Waals surface area contributed by atoms with Crippen molar-refractivity contribution in [2.24, 2.45) is 0 Å². The minimum atomic E-state index is -3.56. The topological polar surface area (TPSA) is 68.3 Å². The van der Waals surface area contributed by atoms with Gasteiger partial charge in [-0.25, -0.2) is 13.1 Å². The van der Waals surface area contributed by atoms with Crippen molar-refractivity contribution in [3.05, 3.63) is 53.3 Å². The maximum Gasteiger partial charge on any atom is 0.241 e. The molecule has 1 aromatic carbocycles. The van der Waals surface area contributed by atoms with Crippen LogP contribution in [0.15, 0.2) is 41.6 Å². The van der Waals surface area contributed by atoms with Crippen molar-refractivity contribution in [2.75, 3.05) is 7.11 Å². The Balaban J connectivity index is 2.26. The summed E-state index contributed by atoms with van der Waals surface area (Å²) in [6.07, 6.45) is 3.26. The van der Waals surface area contributed by atoms with E-state index in [0.29, 0.717) is 11.3 Å². The molecule has 0 saturated heterocycles. The van der Waals surface area contributed by atoms with Crippen LogP contribution in [0.4, 0.5) is 0 Å². The highest BCUT2D eigenvalue weighted by Gasteiger charge is 2.19. The van der Waals surface area contributed by atoms with Gasteiger partial charge >= 0.3 is 0 Å². The smallest absolute Gasteiger partial charge is 0.241 e. The van der Waals surface area contributed by atoms with Gasteiger partial charge in [-0.1, -0.05) is 0 Å². The fourth-order valence-corrected chi connectivity index (χ4v) is 3.36. The first kappa shape index (κ1) is 15.5. The van der Waals surface area contributed by atoms with Crippen LogP contribution >= 0.6 is 0 Å². The average Bonchev–Trinajstić information content (AvgIpc) is 2.49.